The number of nitrogens with one attached hydrogen (secondary N) is 3. The van der Waals surface area contributed by atoms with E-state index >= 15 is 0 Å². The largest absolute Gasteiger partial charge is 0.357 e. The molecule has 0 aromatic rings. The van der Waals surface area contributed by atoms with Crippen LogP contribution >= 0.6 is 24.0 Å². The number of imide groups is 1. The van der Waals surface area contributed by atoms with Gasteiger partial charge in [-0.25, -0.2) is 4.79 Å². The summed E-state index contributed by atoms with van der Waals surface area (Å²) >= 11 is 0. The van der Waals surface area contributed by atoms with Crippen LogP contribution in [0.1, 0.15) is 46.0 Å². The molecule has 1 aliphatic carbocycles. The van der Waals surface area contributed by atoms with Crippen molar-refractivity contribution in [2.24, 2.45) is 16.8 Å². The van der Waals surface area contributed by atoms with Gasteiger partial charge in [0.25, 0.3) is 5.91 Å². The molecule has 2 aliphatic heterocycles. The van der Waals surface area contributed by atoms with Crippen LogP contribution in [0.2, 0.25) is 0 Å². The molecule has 1 atom stereocenters. The van der Waals surface area contributed by atoms with Gasteiger partial charge in [0.05, 0.1) is 0 Å². The minimum atomic E-state index is -0.773. The van der Waals surface area contributed by atoms with Crippen molar-refractivity contribution in [2.75, 3.05) is 26.2 Å². The Morgan fingerprint density at radius 1 is 1.28 bits per heavy atom. The molecule has 2 saturated heterocycles. The summed E-state index contributed by atoms with van der Waals surface area (Å²) in [4.78, 5) is 30.7. The summed E-state index contributed by atoms with van der Waals surface area (Å²) in [5, 5.41) is 8.57. The fraction of sp³-hybridized carbons (Fsp3) is 0.824. The first kappa shape index (κ1) is 20.3. The summed E-state index contributed by atoms with van der Waals surface area (Å²) in [6.07, 6.45) is 5.70. The number of likely N-dealkylation sites (tertiary alicyclic amines) is 1. The summed E-state index contributed by atoms with van der Waals surface area (Å²) in [6.45, 7) is 7.42. The quantitative estimate of drug-likeness (QED) is 0.256. The summed E-state index contributed by atoms with van der Waals surface area (Å²) in [6, 6.07) is -0.375. The lowest BCUT2D eigenvalue weighted by Crippen LogP contribution is -2.55. The lowest BCUT2D eigenvalue weighted by molar-refractivity contribution is -0.125. The van der Waals surface area contributed by atoms with Gasteiger partial charge in [-0.05, 0) is 51.4 Å². The van der Waals surface area contributed by atoms with E-state index in [4.69, 9.17) is 4.99 Å². The molecule has 25 heavy (non-hydrogen) atoms. The SMILES string of the molecule is CCNC(=NCC1CCC1)N1CCC(C2(C)NC(=O)NC2=O)CC1.I. The molecular formula is C17H30IN5O2. The molecule has 1 saturated carbocycles. The number of guanidine groups is 1. The van der Waals surface area contributed by atoms with Crippen molar-refractivity contribution in [1.82, 2.24) is 20.9 Å². The van der Waals surface area contributed by atoms with Gasteiger partial charge in [-0.2, -0.15) is 0 Å². The second-order valence-electron chi connectivity index (χ2n) is 7.36. The third kappa shape index (κ3) is 4.38. The molecule has 3 fully saturated rings. The molecule has 3 N–H and O–H groups in total. The van der Waals surface area contributed by atoms with E-state index in [0.717, 1.165) is 50.9 Å². The van der Waals surface area contributed by atoms with Gasteiger partial charge in [0.2, 0.25) is 0 Å². The van der Waals surface area contributed by atoms with Crippen LogP contribution in [-0.2, 0) is 4.79 Å². The molecule has 7 nitrogen and oxygen atoms in total. The molecule has 0 aromatic carbocycles. The highest BCUT2D eigenvalue weighted by Gasteiger charge is 2.48. The van der Waals surface area contributed by atoms with Crippen LogP contribution in [0, 0.1) is 11.8 Å². The third-order valence-electron chi connectivity index (χ3n) is 5.74. The van der Waals surface area contributed by atoms with E-state index in [1.54, 1.807) is 0 Å². The Hall–Kier alpha value is -1.06. The van der Waals surface area contributed by atoms with Gasteiger partial charge in [0, 0.05) is 26.2 Å². The highest BCUT2D eigenvalue weighted by molar-refractivity contribution is 14.0. The summed E-state index contributed by atoms with van der Waals surface area (Å²) in [5.41, 5.74) is -0.773. The Kier molecular flexibility index (Phi) is 6.93. The molecule has 3 rings (SSSR count). The summed E-state index contributed by atoms with van der Waals surface area (Å²) in [7, 11) is 0. The van der Waals surface area contributed by atoms with Crippen molar-refractivity contribution in [1.29, 1.82) is 0 Å². The fourth-order valence-electron chi connectivity index (χ4n) is 3.83. The maximum absolute atomic E-state index is 12.1. The number of hydrogen-bond donors (Lipinski definition) is 3. The second-order valence-corrected chi connectivity index (χ2v) is 7.36. The Balaban J connectivity index is 0.00000225. The standard InChI is InChI=1S/C17H29N5O2.HI/c1-3-18-15(19-11-12-5-4-6-12)22-9-7-13(8-10-22)17(2)14(23)20-16(24)21-17;/h12-13H,3-11H2,1-2H3,(H,18,19)(H2,20,21,23,24);1H. The molecular weight excluding hydrogens is 433 g/mol. The molecule has 8 heteroatoms. The van der Waals surface area contributed by atoms with Crippen molar-refractivity contribution < 1.29 is 9.59 Å². The average Bonchev–Trinajstić information content (AvgIpc) is 2.78. The maximum Gasteiger partial charge on any atom is 0.322 e. The minimum Gasteiger partial charge on any atom is -0.357 e. The van der Waals surface area contributed by atoms with E-state index in [-0.39, 0.29) is 41.8 Å². The van der Waals surface area contributed by atoms with Gasteiger partial charge in [-0.15, -0.1) is 24.0 Å². The number of urea groups is 1. The zero-order chi connectivity index (χ0) is 17.2. The molecule has 3 aliphatic rings. The smallest absolute Gasteiger partial charge is 0.322 e. The van der Waals surface area contributed by atoms with Gasteiger partial charge >= 0.3 is 6.03 Å². The zero-order valence-corrected chi connectivity index (χ0v) is 17.5. The fourth-order valence-corrected chi connectivity index (χ4v) is 3.83. The molecule has 2 heterocycles. The van der Waals surface area contributed by atoms with Gasteiger partial charge in [0.1, 0.15) is 5.54 Å². The number of hydrogen-bond acceptors (Lipinski definition) is 3. The Morgan fingerprint density at radius 2 is 1.96 bits per heavy atom. The number of halogens is 1. The van der Waals surface area contributed by atoms with E-state index in [1.165, 1.54) is 19.3 Å². The lowest BCUT2D eigenvalue weighted by Gasteiger charge is -2.40. The molecule has 0 spiro atoms. The van der Waals surface area contributed by atoms with E-state index < -0.39 is 5.54 Å². The van der Waals surface area contributed by atoms with Crippen LogP contribution in [0.5, 0.6) is 0 Å². The predicted octanol–water partition coefficient (Wildman–Crippen LogP) is 1.68. The number of piperidine rings is 1. The Bertz CT molecular complexity index is 529. The predicted molar refractivity (Wildman–Crippen MR) is 108 cm³/mol. The van der Waals surface area contributed by atoms with E-state index in [0.29, 0.717) is 0 Å². The maximum atomic E-state index is 12.1. The Morgan fingerprint density at radius 3 is 2.44 bits per heavy atom. The second kappa shape index (κ2) is 8.55. The van der Waals surface area contributed by atoms with Gasteiger partial charge in [0.15, 0.2) is 5.96 Å². The lowest BCUT2D eigenvalue weighted by atomic mass is 9.79. The van der Waals surface area contributed by atoms with Crippen LogP contribution in [0.4, 0.5) is 4.79 Å². The number of carbonyl (C=O) groups is 2. The first-order valence-corrected chi connectivity index (χ1v) is 9.19. The number of carbonyl (C=O) groups excluding carboxylic acids is 2. The van der Waals surface area contributed by atoms with Crippen LogP contribution < -0.4 is 16.0 Å². The highest BCUT2D eigenvalue weighted by atomic mass is 127. The van der Waals surface area contributed by atoms with E-state index in [9.17, 15) is 9.59 Å². The average molecular weight is 463 g/mol. The molecule has 0 radical (unpaired) electrons. The summed E-state index contributed by atoms with van der Waals surface area (Å²) in [5.74, 6) is 1.71. The van der Waals surface area contributed by atoms with Crippen molar-refractivity contribution >= 4 is 41.9 Å². The van der Waals surface area contributed by atoms with Crippen LogP contribution in [0.15, 0.2) is 4.99 Å². The van der Waals surface area contributed by atoms with Crippen LogP contribution in [0.25, 0.3) is 0 Å². The molecule has 142 valence electrons. The molecule has 0 bridgehead atoms. The van der Waals surface area contributed by atoms with Gasteiger partial charge < -0.3 is 15.5 Å². The number of amides is 3. The van der Waals surface area contributed by atoms with Crippen molar-refractivity contribution in [2.45, 2.75) is 51.5 Å². The zero-order valence-electron chi connectivity index (χ0n) is 15.1. The van der Waals surface area contributed by atoms with Crippen LogP contribution in [-0.4, -0.2) is 54.5 Å². The van der Waals surface area contributed by atoms with Crippen molar-refractivity contribution in [3.8, 4) is 0 Å². The van der Waals surface area contributed by atoms with Crippen molar-refractivity contribution in [3.63, 3.8) is 0 Å². The number of nitrogens with zero attached hydrogens (tertiary/aromatic N) is 2. The van der Waals surface area contributed by atoms with E-state index in [2.05, 4.69) is 27.8 Å². The first-order chi connectivity index (χ1) is 11.5. The van der Waals surface area contributed by atoms with Gasteiger partial charge in [-0.1, -0.05) is 6.42 Å². The molecule has 0 aromatic heterocycles. The first-order valence-electron chi connectivity index (χ1n) is 9.19. The number of rotatable bonds is 4. The van der Waals surface area contributed by atoms with Crippen LogP contribution in [0.3, 0.4) is 0 Å². The normalized spacial score (nSPS) is 28.1. The number of aliphatic imine (C=N–C) groups is 1. The minimum absolute atomic E-state index is 0. The Labute approximate surface area is 166 Å². The van der Waals surface area contributed by atoms with Crippen molar-refractivity contribution in [3.05, 3.63) is 0 Å². The van der Waals surface area contributed by atoms with E-state index in [1.807, 2.05) is 6.92 Å². The third-order valence-corrected chi connectivity index (χ3v) is 5.74. The summed E-state index contributed by atoms with van der Waals surface area (Å²) < 4.78 is 0. The van der Waals surface area contributed by atoms with Gasteiger partial charge in [-0.3, -0.25) is 15.1 Å². The molecule has 1 unspecified atom stereocenters. The topological polar surface area (TPSA) is 85.8 Å². The molecule has 3 amide bonds. The monoisotopic (exact) mass is 463 g/mol. The highest BCUT2D eigenvalue weighted by Crippen LogP contribution is 2.31.